The number of hydrogen-bond acceptors (Lipinski definition) is 5. The zero-order valence-corrected chi connectivity index (χ0v) is 24.5. The average molecular weight is 565 g/mol. The highest BCUT2D eigenvalue weighted by Crippen LogP contribution is 2.65. The Morgan fingerprint density at radius 3 is 2.45 bits per heavy atom. The summed E-state index contributed by atoms with van der Waals surface area (Å²) in [5.74, 6) is 1.36. The number of carbonyl (C=O) groups excluding carboxylic acids is 2. The molecule has 7 rings (SSSR count). The number of benzene rings is 3. The van der Waals surface area contributed by atoms with Crippen molar-refractivity contribution in [2.45, 2.75) is 62.9 Å². The van der Waals surface area contributed by atoms with Crippen LogP contribution in [0.2, 0.25) is 0 Å². The van der Waals surface area contributed by atoms with Gasteiger partial charge in [-0.15, -0.1) is 0 Å². The molecule has 1 aliphatic carbocycles. The van der Waals surface area contributed by atoms with Crippen molar-refractivity contribution in [3.8, 4) is 17.0 Å². The van der Waals surface area contributed by atoms with E-state index < -0.39 is 11.0 Å². The number of amides is 2. The molecular formula is C34H36N4O4. The van der Waals surface area contributed by atoms with Gasteiger partial charge in [-0.2, -0.15) is 5.10 Å². The van der Waals surface area contributed by atoms with E-state index in [2.05, 4.69) is 58.0 Å². The van der Waals surface area contributed by atoms with Gasteiger partial charge in [0.15, 0.2) is 0 Å². The Morgan fingerprint density at radius 1 is 1.00 bits per heavy atom. The maximum Gasteiger partial charge on any atom is 0.410 e. The second-order valence-corrected chi connectivity index (χ2v) is 12.8. The Hall–Kier alpha value is -4.33. The van der Waals surface area contributed by atoms with E-state index in [4.69, 9.17) is 9.47 Å². The van der Waals surface area contributed by atoms with E-state index in [0.29, 0.717) is 19.0 Å². The summed E-state index contributed by atoms with van der Waals surface area (Å²) >= 11 is 0. The molecule has 2 aliphatic heterocycles. The molecule has 4 aromatic rings. The Bertz CT molecular complexity index is 1700. The number of H-pyrrole nitrogens is 1. The van der Waals surface area contributed by atoms with Crippen molar-refractivity contribution in [1.82, 2.24) is 15.1 Å². The molecular weight excluding hydrogens is 528 g/mol. The van der Waals surface area contributed by atoms with E-state index in [1.54, 1.807) is 7.11 Å². The molecule has 2 N–H and O–H groups in total. The van der Waals surface area contributed by atoms with Gasteiger partial charge in [-0.25, -0.2) is 4.79 Å². The first-order valence-electron chi connectivity index (χ1n) is 14.7. The maximum atomic E-state index is 13.1. The largest absolute Gasteiger partial charge is 0.497 e. The van der Waals surface area contributed by atoms with Crippen LogP contribution in [-0.2, 0) is 14.9 Å². The zero-order valence-electron chi connectivity index (χ0n) is 24.5. The minimum atomic E-state index is -0.528. The molecule has 1 saturated heterocycles. The van der Waals surface area contributed by atoms with Crippen LogP contribution in [0.15, 0.2) is 60.7 Å². The number of methoxy groups -OCH3 is 1. The number of nitrogens with one attached hydrogen (secondary N) is 2. The summed E-state index contributed by atoms with van der Waals surface area (Å²) in [6.45, 7) is 7.11. The fourth-order valence-electron chi connectivity index (χ4n) is 6.81. The summed E-state index contributed by atoms with van der Waals surface area (Å²) in [7, 11) is 1.65. The molecule has 2 atom stereocenters. The summed E-state index contributed by atoms with van der Waals surface area (Å²) in [5.41, 5.74) is 6.27. The lowest BCUT2D eigenvalue weighted by molar-refractivity contribution is -0.118. The molecule has 42 heavy (non-hydrogen) atoms. The number of anilines is 1. The predicted octanol–water partition coefficient (Wildman–Crippen LogP) is 6.73. The number of rotatable bonds is 4. The molecule has 8 nitrogen and oxygen atoms in total. The Labute approximate surface area is 245 Å². The van der Waals surface area contributed by atoms with Gasteiger partial charge in [0.2, 0.25) is 5.91 Å². The fraction of sp³-hybridized carbons (Fsp3) is 0.382. The molecule has 2 fully saturated rings. The maximum absolute atomic E-state index is 13.1. The Morgan fingerprint density at radius 2 is 1.74 bits per heavy atom. The van der Waals surface area contributed by atoms with Gasteiger partial charge in [0.25, 0.3) is 0 Å². The first-order chi connectivity index (χ1) is 20.2. The lowest BCUT2D eigenvalue weighted by atomic mass is 9.88. The number of aromatic nitrogens is 2. The van der Waals surface area contributed by atoms with Crippen molar-refractivity contribution in [2.75, 3.05) is 25.5 Å². The minimum absolute atomic E-state index is 0.0664. The van der Waals surface area contributed by atoms with Crippen LogP contribution in [0.25, 0.3) is 22.2 Å². The van der Waals surface area contributed by atoms with Gasteiger partial charge in [-0.1, -0.05) is 36.4 Å². The number of likely N-dealkylation sites (tertiary alicyclic amines) is 1. The van der Waals surface area contributed by atoms with Gasteiger partial charge in [0, 0.05) is 35.6 Å². The van der Waals surface area contributed by atoms with Gasteiger partial charge in [0.1, 0.15) is 11.4 Å². The molecule has 0 bridgehead atoms. The third-order valence-electron chi connectivity index (χ3n) is 9.11. The molecule has 1 spiro atoms. The molecule has 2 amide bonds. The number of carbonyl (C=O) groups is 2. The van der Waals surface area contributed by atoms with E-state index in [1.807, 2.05) is 43.9 Å². The van der Waals surface area contributed by atoms with E-state index in [-0.39, 0.29) is 17.9 Å². The molecule has 3 heterocycles. The van der Waals surface area contributed by atoms with Crippen LogP contribution in [0.3, 0.4) is 0 Å². The zero-order chi connectivity index (χ0) is 29.2. The first-order valence-corrected chi connectivity index (χ1v) is 14.7. The molecule has 1 aromatic heterocycles. The van der Waals surface area contributed by atoms with E-state index >= 15 is 0 Å². The summed E-state index contributed by atoms with van der Waals surface area (Å²) < 4.78 is 11.0. The number of ether oxygens (including phenoxy) is 2. The highest BCUT2D eigenvalue weighted by Gasteiger charge is 2.65. The van der Waals surface area contributed by atoms with Crippen LogP contribution in [0.5, 0.6) is 5.75 Å². The molecule has 0 unspecified atom stereocenters. The van der Waals surface area contributed by atoms with E-state index in [0.717, 1.165) is 64.0 Å². The Balaban J connectivity index is 1.06. The van der Waals surface area contributed by atoms with Crippen molar-refractivity contribution < 1.29 is 19.1 Å². The SMILES string of the molecule is COc1ccc2c(c1)[C@]1(C[C@H]1c1ccc3c(-c4ccc(C5CCN(C(=O)OC(C)(C)C)CC5)cc4)n[nH]c3c1)C(=O)N2. The number of hydrogen-bond donors (Lipinski definition) is 2. The summed E-state index contributed by atoms with van der Waals surface area (Å²) in [4.78, 5) is 27.3. The highest BCUT2D eigenvalue weighted by atomic mass is 16.6. The minimum Gasteiger partial charge on any atom is -0.497 e. The van der Waals surface area contributed by atoms with Gasteiger partial charge < -0.3 is 19.7 Å². The third-order valence-corrected chi connectivity index (χ3v) is 9.11. The normalized spacial score (nSPS) is 21.9. The molecule has 0 radical (unpaired) electrons. The Kier molecular flexibility index (Phi) is 6.08. The second kappa shape index (κ2) is 9.61. The summed E-state index contributed by atoms with van der Waals surface area (Å²) in [6.07, 6.45) is 2.40. The quantitative estimate of drug-likeness (QED) is 0.287. The highest BCUT2D eigenvalue weighted by molar-refractivity contribution is 6.10. The van der Waals surface area contributed by atoms with Crippen LogP contribution in [-0.4, -0.2) is 52.9 Å². The molecule has 3 aliphatic rings. The number of aromatic amines is 1. The van der Waals surface area contributed by atoms with Gasteiger partial charge in [-0.3, -0.25) is 9.89 Å². The fourth-order valence-corrected chi connectivity index (χ4v) is 6.81. The van der Waals surface area contributed by atoms with E-state index in [9.17, 15) is 9.59 Å². The van der Waals surface area contributed by atoms with Crippen molar-refractivity contribution in [2.24, 2.45) is 0 Å². The monoisotopic (exact) mass is 564 g/mol. The number of fused-ring (bicyclic) bond motifs is 3. The van der Waals surface area contributed by atoms with Crippen molar-refractivity contribution >= 4 is 28.6 Å². The standard InChI is InChI=1S/C34H36N4O4/c1-33(2,3)42-32(40)38-15-13-21(14-16-38)20-5-7-22(8-6-20)30-25-11-9-23(17-29(25)36-37-30)27-19-34(27)26-18-24(41-4)10-12-28(26)35-31(34)39/h5-12,17-18,21,27H,13-16,19H2,1-4H3,(H,35,39)(H,36,37)/t27-,34-/m0/s1. The van der Waals surface area contributed by atoms with Gasteiger partial charge >= 0.3 is 6.09 Å². The van der Waals surface area contributed by atoms with Gasteiger partial charge in [-0.05, 0) is 86.9 Å². The number of piperidine rings is 1. The van der Waals surface area contributed by atoms with Crippen molar-refractivity contribution in [3.05, 3.63) is 77.4 Å². The third kappa shape index (κ3) is 4.40. The summed E-state index contributed by atoms with van der Waals surface area (Å²) in [5, 5.41) is 12.0. The average Bonchev–Trinajstić information content (AvgIpc) is 3.51. The molecule has 8 heteroatoms. The summed E-state index contributed by atoms with van der Waals surface area (Å²) in [6, 6.07) is 20.9. The number of nitrogens with zero attached hydrogens (tertiary/aromatic N) is 2. The lowest BCUT2D eigenvalue weighted by Crippen LogP contribution is -2.41. The predicted molar refractivity (Wildman–Crippen MR) is 162 cm³/mol. The van der Waals surface area contributed by atoms with Crippen molar-refractivity contribution in [3.63, 3.8) is 0 Å². The molecule has 1 saturated carbocycles. The van der Waals surface area contributed by atoms with E-state index in [1.165, 1.54) is 5.56 Å². The smallest absolute Gasteiger partial charge is 0.410 e. The molecule has 216 valence electrons. The second-order valence-electron chi connectivity index (χ2n) is 12.8. The van der Waals surface area contributed by atoms with Crippen LogP contribution in [0.1, 0.15) is 68.6 Å². The van der Waals surface area contributed by atoms with Crippen LogP contribution >= 0.6 is 0 Å². The van der Waals surface area contributed by atoms with Crippen molar-refractivity contribution in [1.29, 1.82) is 0 Å². The van der Waals surface area contributed by atoms with Gasteiger partial charge in [0.05, 0.1) is 23.7 Å². The first kappa shape index (κ1) is 26.6. The van der Waals surface area contributed by atoms with Crippen LogP contribution < -0.4 is 10.1 Å². The molecule has 3 aromatic carbocycles. The van der Waals surface area contributed by atoms with Crippen LogP contribution in [0.4, 0.5) is 10.5 Å². The van der Waals surface area contributed by atoms with Crippen LogP contribution in [0, 0.1) is 0 Å². The topological polar surface area (TPSA) is 96.5 Å². The lowest BCUT2D eigenvalue weighted by Gasteiger charge is -2.33.